The average Bonchev–Trinajstić information content (AvgIpc) is 1.11. The molecule has 0 aliphatic heterocycles. The highest BCUT2D eigenvalue weighted by molar-refractivity contribution is 5.84. The summed E-state index contributed by atoms with van der Waals surface area (Å²) < 4.78 is 0. The largest absolute Gasteiger partial charge is 0.261 e. The second-order valence-electron chi connectivity index (χ2n) is 18.1. The molecule has 15 heteroatoms. The van der Waals surface area contributed by atoms with E-state index in [0.717, 1.165) is 108 Å². The van der Waals surface area contributed by atoms with Crippen molar-refractivity contribution in [3.63, 3.8) is 0 Å². The van der Waals surface area contributed by atoms with E-state index in [1.165, 1.54) is 21.7 Å². The molecule has 3 aromatic carbocycles. The van der Waals surface area contributed by atoms with Crippen molar-refractivity contribution in [3.05, 3.63) is 232 Å². The quantitative estimate of drug-likeness (QED) is 0.139. The van der Waals surface area contributed by atoms with Crippen LogP contribution in [0.25, 0.3) is 32.6 Å². The van der Waals surface area contributed by atoms with Gasteiger partial charge in [-0.3, -0.25) is 19.9 Å². The van der Waals surface area contributed by atoms with Crippen LogP contribution >= 0.6 is 0 Å². The standard InChI is InChI=1S/2C11H11N.C10H10N2.C6H9N3.4C6H8N2.7C2H6/c1-8-7-10-5-3-4-6-11(10)9(2)12-8;1-8-7-9(2)12-11-6-4-3-5-10(8)11;1-7-9-5-3-4-6-10(9)12-8(2)11-7;1-4-7-5(2)9-6(3)8-4;1-5-3-7-4-6(2)8-5;1-5-3-6(2)8-4-7-5;2*1-5-3-4-7-6(2)8-5;7*1-2/h2*3-7H,1-2H3;3-6H,1-2H3;1-3H3;4*3-4H,1-2H3;7*1-2H3. The third kappa shape index (κ3) is 40.4. The molecule has 0 amide bonds. The van der Waals surface area contributed by atoms with Crippen LogP contribution in [0.4, 0.5) is 0 Å². The Kier molecular flexibility index (Phi) is 53.8. The number of aryl methyl sites for hydroxylation is 17. The van der Waals surface area contributed by atoms with Gasteiger partial charge in [0.15, 0.2) is 0 Å². The molecule has 0 atom stereocenters. The summed E-state index contributed by atoms with van der Waals surface area (Å²) in [5, 5.41) is 4.93. The second kappa shape index (κ2) is 55.2. The van der Waals surface area contributed by atoms with Crippen LogP contribution in [0.15, 0.2) is 134 Å². The van der Waals surface area contributed by atoms with Gasteiger partial charge in [-0.05, 0) is 171 Å². The maximum atomic E-state index is 4.44. The number of nitrogens with zero attached hydrogens (tertiary/aromatic N) is 15. The Morgan fingerprint density at radius 2 is 0.615 bits per heavy atom. The Balaban J connectivity index is -0.000000464. The van der Waals surface area contributed by atoms with E-state index in [9.17, 15) is 0 Å². The van der Waals surface area contributed by atoms with Gasteiger partial charge in [-0.15, -0.1) is 0 Å². The van der Waals surface area contributed by atoms with E-state index in [1.807, 2.05) is 261 Å². The van der Waals surface area contributed by atoms with Gasteiger partial charge in [0.2, 0.25) is 0 Å². The Morgan fingerprint density at radius 3 is 1.00 bits per heavy atom. The van der Waals surface area contributed by atoms with Crippen molar-refractivity contribution in [2.24, 2.45) is 0 Å². The van der Waals surface area contributed by atoms with Crippen LogP contribution in [-0.4, -0.2) is 74.8 Å². The molecule has 0 N–H and O–H groups in total. The topological polar surface area (TPSA) is 193 Å². The normalized spacial score (nSPS) is 8.82. The van der Waals surface area contributed by atoms with Crippen LogP contribution in [-0.2, 0) is 0 Å². The first-order valence-electron chi connectivity index (χ1n) is 32.2. The fourth-order valence-electron chi connectivity index (χ4n) is 7.53. The molecule has 8 aromatic heterocycles. The molecule has 91 heavy (non-hydrogen) atoms. The molecule has 0 bridgehead atoms. The third-order valence-corrected chi connectivity index (χ3v) is 10.6. The van der Waals surface area contributed by atoms with E-state index in [4.69, 9.17) is 0 Å². The lowest BCUT2D eigenvalue weighted by atomic mass is 10.1. The van der Waals surface area contributed by atoms with Crippen LogP contribution in [0.1, 0.15) is 194 Å². The van der Waals surface area contributed by atoms with Gasteiger partial charge in [-0.1, -0.05) is 158 Å². The zero-order chi connectivity index (χ0) is 70.4. The van der Waals surface area contributed by atoms with Crippen molar-refractivity contribution in [1.29, 1.82) is 0 Å². The zero-order valence-corrected chi connectivity index (χ0v) is 61.9. The van der Waals surface area contributed by atoms with Crippen molar-refractivity contribution >= 4 is 32.6 Å². The summed E-state index contributed by atoms with van der Waals surface area (Å²) >= 11 is 0. The van der Waals surface area contributed by atoms with Crippen molar-refractivity contribution < 1.29 is 0 Å². The van der Waals surface area contributed by atoms with Crippen molar-refractivity contribution in [1.82, 2.24) is 74.8 Å². The highest BCUT2D eigenvalue weighted by Gasteiger charge is 2.01. The highest BCUT2D eigenvalue weighted by Crippen LogP contribution is 2.18. The van der Waals surface area contributed by atoms with Crippen LogP contribution in [0.3, 0.4) is 0 Å². The van der Waals surface area contributed by atoms with Gasteiger partial charge in [-0.25, -0.2) is 54.8 Å². The minimum atomic E-state index is 0.792. The number of benzene rings is 3. The summed E-state index contributed by atoms with van der Waals surface area (Å²) in [6.45, 7) is 61.2. The van der Waals surface area contributed by atoms with Crippen molar-refractivity contribution in [2.45, 2.75) is 215 Å². The number of aromatic nitrogens is 15. The summed E-state index contributed by atoms with van der Waals surface area (Å²) in [5.41, 5.74) is 13.8. The van der Waals surface area contributed by atoms with Gasteiger partial charge < -0.3 is 0 Å². The molecular weight excluding hydrogens is 1120 g/mol. The van der Waals surface area contributed by atoms with E-state index in [2.05, 4.69) is 131 Å². The number of hydrogen-bond acceptors (Lipinski definition) is 15. The molecule has 0 spiro atoms. The summed E-state index contributed by atoms with van der Waals surface area (Å²) in [6, 6.07) is 34.6. The van der Waals surface area contributed by atoms with Crippen molar-refractivity contribution in [2.75, 3.05) is 0 Å². The molecule has 0 saturated carbocycles. The van der Waals surface area contributed by atoms with E-state index in [1.54, 1.807) is 31.1 Å². The molecule has 0 aliphatic rings. The van der Waals surface area contributed by atoms with Crippen LogP contribution in [0, 0.1) is 118 Å². The van der Waals surface area contributed by atoms with E-state index in [0.29, 0.717) is 0 Å². The molecule has 0 saturated heterocycles. The maximum absolute atomic E-state index is 4.44. The van der Waals surface area contributed by atoms with Crippen molar-refractivity contribution in [3.8, 4) is 0 Å². The Morgan fingerprint density at radius 1 is 0.242 bits per heavy atom. The molecular formula is C76H115N15. The highest BCUT2D eigenvalue weighted by atomic mass is 15.0. The molecule has 8 heterocycles. The van der Waals surface area contributed by atoms with Gasteiger partial charge in [-0.2, -0.15) is 0 Å². The lowest BCUT2D eigenvalue weighted by Crippen LogP contribution is -1.97. The van der Waals surface area contributed by atoms with E-state index in [-0.39, 0.29) is 0 Å². The van der Waals surface area contributed by atoms with Crippen LogP contribution in [0.2, 0.25) is 0 Å². The molecule has 15 nitrogen and oxygen atoms in total. The fourth-order valence-corrected chi connectivity index (χ4v) is 7.53. The fraction of sp³-hybridized carbons (Fsp3) is 0.408. The first kappa shape index (κ1) is 88.6. The Labute approximate surface area is 551 Å². The molecule has 11 rings (SSSR count). The predicted molar refractivity (Wildman–Crippen MR) is 391 cm³/mol. The average molecular weight is 1240 g/mol. The van der Waals surface area contributed by atoms with Gasteiger partial charge in [0.05, 0.1) is 22.4 Å². The SMILES string of the molecule is CC.CC.CC.CC.CC.CC.CC.Cc1cc(C)c2ccccc2n1.Cc1cc(C)ncn1.Cc1cc2ccccc2c(C)n1.Cc1ccnc(C)n1.Cc1ccnc(C)n1.Cc1cncc(C)n1.Cc1nc(C)c2ccccc2n1.Cc1nc(C)nc(C)n1. The molecule has 0 unspecified atom stereocenters. The van der Waals surface area contributed by atoms with Crippen LogP contribution < -0.4 is 0 Å². The zero-order valence-electron chi connectivity index (χ0n) is 61.9. The molecule has 494 valence electrons. The summed E-state index contributed by atoms with van der Waals surface area (Å²) in [7, 11) is 0. The summed E-state index contributed by atoms with van der Waals surface area (Å²) in [5.74, 6) is 4.89. The lowest BCUT2D eigenvalue weighted by Gasteiger charge is -2.01. The maximum Gasteiger partial charge on any atom is 0.129 e. The number of fused-ring (bicyclic) bond motifs is 3. The monoisotopic (exact) mass is 1240 g/mol. The number of pyridine rings is 2. The second-order valence-corrected chi connectivity index (χ2v) is 18.1. The van der Waals surface area contributed by atoms with Gasteiger partial charge in [0.25, 0.3) is 0 Å². The first-order valence-corrected chi connectivity index (χ1v) is 32.2. The minimum Gasteiger partial charge on any atom is -0.261 e. The first-order chi connectivity index (χ1) is 43.6. The summed E-state index contributed by atoms with van der Waals surface area (Å²) in [6.07, 6.45) is 8.58. The van der Waals surface area contributed by atoms with Gasteiger partial charge in [0, 0.05) is 86.5 Å². The molecule has 0 fully saturated rings. The summed E-state index contributed by atoms with van der Waals surface area (Å²) in [4.78, 5) is 61.4. The predicted octanol–water partition coefficient (Wildman–Crippen LogP) is 20.3. The van der Waals surface area contributed by atoms with Gasteiger partial charge >= 0.3 is 0 Å². The Hall–Kier alpha value is -8.85. The smallest absolute Gasteiger partial charge is 0.129 e. The number of rotatable bonds is 0. The lowest BCUT2D eigenvalue weighted by molar-refractivity contribution is 0.875. The Bertz CT molecular complexity index is 3110. The minimum absolute atomic E-state index is 0.792. The third-order valence-electron chi connectivity index (χ3n) is 10.6. The van der Waals surface area contributed by atoms with Crippen LogP contribution in [0.5, 0.6) is 0 Å². The van der Waals surface area contributed by atoms with E-state index < -0.39 is 0 Å². The molecule has 0 radical (unpaired) electrons. The van der Waals surface area contributed by atoms with Gasteiger partial charge in [0.1, 0.15) is 41.3 Å². The number of para-hydroxylation sites is 2. The molecule has 0 aliphatic carbocycles. The molecule has 11 aromatic rings. The number of hydrogen-bond donors (Lipinski definition) is 0. The van der Waals surface area contributed by atoms with E-state index >= 15 is 0 Å².